The van der Waals surface area contributed by atoms with Gasteiger partial charge in [-0.2, -0.15) is 10.2 Å². The SMILES string of the molecule is Cn1c2cn(Cc3ccccc3)nc2c2cn[nH]c(=O)c21. The number of benzene rings is 1. The van der Waals surface area contributed by atoms with Crippen LogP contribution in [0.25, 0.3) is 21.9 Å². The molecule has 0 aliphatic rings. The molecule has 6 nitrogen and oxygen atoms in total. The Morgan fingerprint density at radius 3 is 2.86 bits per heavy atom. The number of H-pyrrole nitrogens is 1. The molecule has 0 saturated heterocycles. The summed E-state index contributed by atoms with van der Waals surface area (Å²) in [6.45, 7) is 0.702. The van der Waals surface area contributed by atoms with Crippen LogP contribution in [-0.4, -0.2) is 24.5 Å². The molecule has 0 aliphatic heterocycles. The van der Waals surface area contributed by atoms with Crippen molar-refractivity contribution < 1.29 is 0 Å². The summed E-state index contributed by atoms with van der Waals surface area (Å²) in [5.41, 5.74) is 3.34. The molecule has 0 radical (unpaired) electrons. The lowest BCUT2D eigenvalue weighted by Gasteiger charge is -2.01. The average Bonchev–Trinajstić information content (AvgIpc) is 3.01. The lowest BCUT2D eigenvalue weighted by molar-refractivity contribution is 0.695. The molecule has 4 aromatic rings. The van der Waals surface area contributed by atoms with Crippen LogP contribution in [0.1, 0.15) is 5.56 Å². The van der Waals surface area contributed by atoms with Gasteiger partial charge in [0, 0.05) is 13.2 Å². The van der Waals surface area contributed by atoms with Crippen molar-refractivity contribution in [1.29, 1.82) is 0 Å². The maximum atomic E-state index is 11.9. The monoisotopic (exact) mass is 279 g/mol. The van der Waals surface area contributed by atoms with Crippen molar-refractivity contribution in [2.45, 2.75) is 6.54 Å². The van der Waals surface area contributed by atoms with Gasteiger partial charge in [-0.25, -0.2) is 5.10 Å². The predicted molar refractivity (Wildman–Crippen MR) is 80.2 cm³/mol. The molecule has 1 aromatic carbocycles. The van der Waals surface area contributed by atoms with Gasteiger partial charge in [-0.05, 0) is 5.56 Å². The van der Waals surface area contributed by atoms with E-state index in [1.807, 2.05) is 40.7 Å². The zero-order valence-electron chi connectivity index (χ0n) is 11.4. The first kappa shape index (κ1) is 11.9. The van der Waals surface area contributed by atoms with Crippen LogP contribution in [0.2, 0.25) is 0 Å². The van der Waals surface area contributed by atoms with E-state index >= 15 is 0 Å². The normalized spacial score (nSPS) is 11.5. The minimum Gasteiger partial charge on any atom is -0.336 e. The summed E-state index contributed by atoms with van der Waals surface area (Å²) in [6.07, 6.45) is 3.61. The topological polar surface area (TPSA) is 68.5 Å². The molecule has 0 fully saturated rings. The van der Waals surface area contributed by atoms with Crippen LogP contribution in [0.5, 0.6) is 0 Å². The van der Waals surface area contributed by atoms with E-state index in [2.05, 4.69) is 27.4 Å². The van der Waals surface area contributed by atoms with Gasteiger partial charge < -0.3 is 4.57 Å². The van der Waals surface area contributed by atoms with Crippen molar-refractivity contribution in [3.8, 4) is 0 Å². The van der Waals surface area contributed by atoms with E-state index in [4.69, 9.17) is 0 Å². The number of nitrogens with zero attached hydrogens (tertiary/aromatic N) is 4. The highest BCUT2D eigenvalue weighted by Crippen LogP contribution is 2.23. The van der Waals surface area contributed by atoms with Crippen LogP contribution in [-0.2, 0) is 13.6 Å². The smallest absolute Gasteiger partial charge is 0.288 e. The maximum Gasteiger partial charge on any atom is 0.288 e. The molecule has 0 bridgehead atoms. The van der Waals surface area contributed by atoms with Gasteiger partial charge in [0.2, 0.25) is 0 Å². The molecule has 21 heavy (non-hydrogen) atoms. The highest BCUT2D eigenvalue weighted by molar-refractivity contribution is 6.04. The molecular formula is C15H13N5O. The van der Waals surface area contributed by atoms with Crippen LogP contribution in [0, 0.1) is 0 Å². The molecule has 0 amide bonds. The minimum atomic E-state index is -0.192. The van der Waals surface area contributed by atoms with E-state index in [0.29, 0.717) is 12.1 Å². The number of rotatable bonds is 2. The predicted octanol–water partition coefficient (Wildman–Crippen LogP) is 1.66. The van der Waals surface area contributed by atoms with Crippen molar-refractivity contribution in [2.75, 3.05) is 0 Å². The number of aromatic amines is 1. The largest absolute Gasteiger partial charge is 0.336 e. The number of hydrogen-bond donors (Lipinski definition) is 1. The fourth-order valence-corrected chi connectivity index (χ4v) is 2.72. The summed E-state index contributed by atoms with van der Waals surface area (Å²) in [7, 11) is 1.87. The number of nitrogens with one attached hydrogen (secondary N) is 1. The van der Waals surface area contributed by atoms with E-state index in [1.54, 1.807) is 6.20 Å². The van der Waals surface area contributed by atoms with Gasteiger partial charge in [-0.1, -0.05) is 30.3 Å². The van der Waals surface area contributed by atoms with Crippen molar-refractivity contribution >= 4 is 21.9 Å². The standard InChI is InChI=1S/C15H13N5O/c1-19-12-9-20(8-10-5-3-2-4-6-10)18-13(12)11-7-16-17-15(21)14(11)19/h2-7,9H,8H2,1H3,(H,17,21). The molecule has 0 aliphatic carbocycles. The van der Waals surface area contributed by atoms with E-state index in [1.165, 1.54) is 5.56 Å². The van der Waals surface area contributed by atoms with Gasteiger partial charge in [0.1, 0.15) is 11.0 Å². The van der Waals surface area contributed by atoms with Crippen molar-refractivity contribution in [3.05, 3.63) is 58.6 Å². The van der Waals surface area contributed by atoms with Crippen LogP contribution in [0.4, 0.5) is 0 Å². The Hall–Kier alpha value is -2.89. The second-order valence-electron chi connectivity index (χ2n) is 5.07. The van der Waals surface area contributed by atoms with Gasteiger partial charge in [-0.15, -0.1) is 0 Å². The maximum absolute atomic E-state index is 11.9. The molecule has 3 aromatic heterocycles. The fraction of sp³-hybridized carbons (Fsp3) is 0.133. The lowest BCUT2D eigenvalue weighted by atomic mass is 10.2. The number of aryl methyl sites for hydroxylation is 1. The van der Waals surface area contributed by atoms with Crippen molar-refractivity contribution in [3.63, 3.8) is 0 Å². The summed E-state index contributed by atoms with van der Waals surface area (Å²) in [5, 5.41) is 11.7. The highest BCUT2D eigenvalue weighted by Gasteiger charge is 2.15. The Labute approximate surface area is 119 Å². The molecule has 3 heterocycles. The first-order chi connectivity index (χ1) is 10.2. The van der Waals surface area contributed by atoms with E-state index < -0.39 is 0 Å². The Balaban J connectivity index is 1.90. The minimum absolute atomic E-state index is 0.192. The van der Waals surface area contributed by atoms with Crippen LogP contribution < -0.4 is 5.56 Å². The molecular weight excluding hydrogens is 266 g/mol. The molecule has 0 atom stereocenters. The van der Waals surface area contributed by atoms with Gasteiger partial charge in [-0.3, -0.25) is 9.48 Å². The molecule has 1 N–H and O–H groups in total. The van der Waals surface area contributed by atoms with E-state index in [9.17, 15) is 4.79 Å². The molecule has 0 saturated carbocycles. The lowest BCUT2D eigenvalue weighted by Crippen LogP contribution is -2.10. The zero-order valence-corrected chi connectivity index (χ0v) is 11.4. The third kappa shape index (κ3) is 1.76. The molecule has 4 rings (SSSR count). The van der Waals surface area contributed by atoms with Crippen LogP contribution >= 0.6 is 0 Å². The van der Waals surface area contributed by atoms with Crippen molar-refractivity contribution in [1.82, 2.24) is 24.5 Å². The second-order valence-corrected chi connectivity index (χ2v) is 5.07. The zero-order chi connectivity index (χ0) is 14.4. The number of hydrogen-bond acceptors (Lipinski definition) is 3. The van der Waals surface area contributed by atoms with Crippen molar-refractivity contribution in [2.24, 2.45) is 7.05 Å². The van der Waals surface area contributed by atoms with Gasteiger partial charge in [0.25, 0.3) is 5.56 Å². The van der Waals surface area contributed by atoms with E-state index in [0.717, 1.165) is 16.4 Å². The Morgan fingerprint density at radius 2 is 2.05 bits per heavy atom. The van der Waals surface area contributed by atoms with Crippen LogP contribution in [0.15, 0.2) is 47.5 Å². The number of aromatic nitrogens is 5. The Kier molecular flexibility index (Phi) is 2.44. The van der Waals surface area contributed by atoms with Gasteiger partial charge in [0.05, 0.1) is 23.6 Å². The first-order valence-electron chi connectivity index (χ1n) is 6.67. The Morgan fingerprint density at radius 1 is 1.24 bits per heavy atom. The molecule has 104 valence electrons. The van der Waals surface area contributed by atoms with Gasteiger partial charge in [0.15, 0.2) is 0 Å². The van der Waals surface area contributed by atoms with Crippen LogP contribution in [0.3, 0.4) is 0 Å². The fourth-order valence-electron chi connectivity index (χ4n) is 2.72. The van der Waals surface area contributed by atoms with E-state index in [-0.39, 0.29) is 5.56 Å². The summed E-state index contributed by atoms with van der Waals surface area (Å²) in [5.74, 6) is 0. The summed E-state index contributed by atoms with van der Waals surface area (Å²) < 4.78 is 3.75. The quantitative estimate of drug-likeness (QED) is 0.606. The highest BCUT2D eigenvalue weighted by atomic mass is 16.1. The first-order valence-corrected chi connectivity index (χ1v) is 6.67. The third-order valence-corrected chi connectivity index (χ3v) is 3.71. The number of fused-ring (bicyclic) bond motifs is 3. The average molecular weight is 279 g/mol. The summed E-state index contributed by atoms with van der Waals surface area (Å²) >= 11 is 0. The molecule has 0 spiro atoms. The second kappa shape index (κ2) is 4.31. The molecule has 0 unspecified atom stereocenters. The Bertz CT molecular complexity index is 993. The molecule has 6 heteroatoms. The summed E-state index contributed by atoms with van der Waals surface area (Å²) in [6, 6.07) is 10.1. The van der Waals surface area contributed by atoms with Gasteiger partial charge >= 0.3 is 0 Å². The third-order valence-electron chi connectivity index (χ3n) is 3.71. The summed E-state index contributed by atoms with van der Waals surface area (Å²) in [4.78, 5) is 11.9.